The van der Waals surface area contributed by atoms with Gasteiger partial charge in [-0.3, -0.25) is 0 Å². The van der Waals surface area contributed by atoms with Gasteiger partial charge in [-0.25, -0.2) is 9.98 Å². The Bertz CT molecular complexity index is 602. The van der Waals surface area contributed by atoms with E-state index in [2.05, 4.69) is 43.3 Å². The van der Waals surface area contributed by atoms with Crippen LogP contribution in [0.1, 0.15) is 32.0 Å². The lowest BCUT2D eigenvalue weighted by molar-refractivity contribution is 0.573. The highest BCUT2D eigenvalue weighted by atomic mass is 32.1. The van der Waals surface area contributed by atoms with E-state index in [1.165, 1.54) is 0 Å². The van der Waals surface area contributed by atoms with Crippen molar-refractivity contribution >= 4 is 17.3 Å². The monoisotopic (exact) mass is 288 g/mol. The summed E-state index contributed by atoms with van der Waals surface area (Å²) in [5, 5.41) is 3.17. The molecule has 0 aliphatic heterocycles. The third-order valence-electron chi connectivity index (χ3n) is 2.92. The molecule has 0 unspecified atom stereocenters. The fraction of sp³-hybridized carbons (Fsp3) is 0.333. The molecule has 0 bridgehead atoms. The Balaban J connectivity index is 2.18. The molecule has 0 saturated carbocycles. The quantitative estimate of drug-likeness (QED) is 0.673. The second kappa shape index (κ2) is 5.63. The molecule has 0 atom stereocenters. The van der Waals surface area contributed by atoms with E-state index in [1.54, 1.807) is 11.3 Å². The zero-order chi connectivity index (χ0) is 14.8. The van der Waals surface area contributed by atoms with Gasteiger partial charge in [-0.15, -0.1) is 11.3 Å². The van der Waals surface area contributed by atoms with Gasteiger partial charge in [0, 0.05) is 16.4 Å². The molecule has 20 heavy (non-hydrogen) atoms. The molecular formula is C15H20N4S. The van der Waals surface area contributed by atoms with Crippen molar-refractivity contribution < 1.29 is 0 Å². The van der Waals surface area contributed by atoms with Crippen LogP contribution in [-0.4, -0.2) is 10.9 Å². The molecule has 1 aromatic heterocycles. The van der Waals surface area contributed by atoms with Crippen molar-refractivity contribution in [2.24, 2.45) is 16.5 Å². The molecule has 0 spiro atoms. The second-order valence-electron chi connectivity index (χ2n) is 5.73. The molecule has 106 valence electrons. The third kappa shape index (κ3) is 3.57. The first-order valence-corrected chi connectivity index (χ1v) is 7.35. The average molecular weight is 288 g/mol. The Hall–Kier alpha value is -1.88. The van der Waals surface area contributed by atoms with E-state index < -0.39 is 0 Å². The molecular weight excluding hydrogens is 268 g/mol. The van der Waals surface area contributed by atoms with E-state index >= 15 is 0 Å². The number of hydrogen-bond acceptors (Lipinski definition) is 3. The Morgan fingerprint density at radius 1 is 1.20 bits per heavy atom. The van der Waals surface area contributed by atoms with Gasteiger partial charge in [0.25, 0.3) is 0 Å². The van der Waals surface area contributed by atoms with Gasteiger partial charge in [0.2, 0.25) is 0 Å². The van der Waals surface area contributed by atoms with Gasteiger partial charge < -0.3 is 11.5 Å². The topological polar surface area (TPSA) is 77.3 Å². The van der Waals surface area contributed by atoms with Gasteiger partial charge in [-0.1, -0.05) is 45.0 Å². The number of nitrogens with zero attached hydrogens (tertiary/aromatic N) is 2. The molecule has 0 aliphatic carbocycles. The molecule has 0 aliphatic rings. The molecule has 0 amide bonds. The number of nitrogens with two attached hydrogens (primary N) is 2. The number of aromatic nitrogens is 1. The molecule has 0 fully saturated rings. The largest absolute Gasteiger partial charge is 0.370 e. The van der Waals surface area contributed by atoms with Crippen molar-refractivity contribution in [3.63, 3.8) is 0 Å². The lowest BCUT2D eigenvalue weighted by Gasteiger charge is -2.14. The van der Waals surface area contributed by atoms with Crippen molar-refractivity contribution in [3.8, 4) is 10.6 Å². The fourth-order valence-corrected chi connectivity index (χ4v) is 2.74. The van der Waals surface area contributed by atoms with E-state index in [9.17, 15) is 0 Å². The van der Waals surface area contributed by atoms with Gasteiger partial charge in [0.05, 0.1) is 12.2 Å². The summed E-state index contributed by atoms with van der Waals surface area (Å²) in [4.78, 5) is 8.70. The highest BCUT2D eigenvalue weighted by Gasteiger charge is 2.17. The zero-order valence-corrected chi connectivity index (χ0v) is 12.9. The summed E-state index contributed by atoms with van der Waals surface area (Å²) >= 11 is 1.67. The molecule has 1 heterocycles. The summed E-state index contributed by atoms with van der Waals surface area (Å²) in [5.41, 5.74) is 14.1. The van der Waals surface area contributed by atoms with Crippen LogP contribution in [0, 0.1) is 0 Å². The predicted molar refractivity (Wildman–Crippen MR) is 85.8 cm³/mol. The van der Waals surface area contributed by atoms with Gasteiger partial charge in [0.1, 0.15) is 5.01 Å². The Morgan fingerprint density at radius 3 is 2.35 bits per heavy atom. The van der Waals surface area contributed by atoms with Gasteiger partial charge in [-0.2, -0.15) is 0 Å². The molecule has 4 nitrogen and oxygen atoms in total. The summed E-state index contributed by atoms with van der Waals surface area (Å²) < 4.78 is 0. The summed E-state index contributed by atoms with van der Waals surface area (Å²) in [6.07, 6.45) is 0. The van der Waals surface area contributed by atoms with E-state index in [-0.39, 0.29) is 11.4 Å². The summed E-state index contributed by atoms with van der Waals surface area (Å²) in [6.45, 7) is 7.02. The van der Waals surface area contributed by atoms with Crippen LogP contribution in [0.2, 0.25) is 0 Å². The first-order chi connectivity index (χ1) is 9.36. The first kappa shape index (κ1) is 14.5. The maximum absolute atomic E-state index is 5.32. The Morgan fingerprint density at radius 2 is 1.85 bits per heavy atom. The molecule has 2 rings (SSSR count). The summed E-state index contributed by atoms with van der Waals surface area (Å²) in [7, 11) is 0. The van der Waals surface area contributed by atoms with Crippen LogP contribution in [0.3, 0.4) is 0 Å². The van der Waals surface area contributed by atoms with Crippen molar-refractivity contribution in [1.29, 1.82) is 0 Å². The van der Waals surface area contributed by atoms with E-state index in [0.29, 0.717) is 6.54 Å². The minimum absolute atomic E-state index is 0.0854. The third-order valence-corrected chi connectivity index (χ3v) is 3.81. The van der Waals surface area contributed by atoms with Gasteiger partial charge in [0.15, 0.2) is 5.96 Å². The summed E-state index contributed by atoms with van der Waals surface area (Å²) in [5.74, 6) is 0.115. The molecule has 4 N–H and O–H groups in total. The Labute approximate surface area is 123 Å². The molecule has 0 saturated heterocycles. The maximum Gasteiger partial charge on any atom is 0.186 e. The van der Waals surface area contributed by atoms with E-state index in [4.69, 9.17) is 16.5 Å². The SMILES string of the molecule is CC(C)(C)c1csc(-c2ccc(CN=C(N)N)cc2)n1. The highest BCUT2D eigenvalue weighted by Crippen LogP contribution is 2.29. The van der Waals surface area contributed by atoms with Crippen LogP contribution in [0.15, 0.2) is 34.6 Å². The minimum atomic E-state index is 0.0854. The molecule has 5 heteroatoms. The van der Waals surface area contributed by atoms with Gasteiger partial charge in [-0.05, 0) is 5.56 Å². The summed E-state index contributed by atoms with van der Waals surface area (Å²) in [6, 6.07) is 8.17. The van der Waals surface area contributed by atoms with Crippen LogP contribution in [0.25, 0.3) is 10.6 Å². The lowest BCUT2D eigenvalue weighted by atomic mass is 9.93. The van der Waals surface area contributed by atoms with Crippen LogP contribution in [-0.2, 0) is 12.0 Å². The van der Waals surface area contributed by atoms with Crippen LogP contribution >= 0.6 is 11.3 Å². The average Bonchev–Trinajstić information content (AvgIpc) is 2.86. The zero-order valence-electron chi connectivity index (χ0n) is 12.1. The number of benzene rings is 1. The van der Waals surface area contributed by atoms with Gasteiger partial charge >= 0.3 is 0 Å². The minimum Gasteiger partial charge on any atom is -0.370 e. The smallest absolute Gasteiger partial charge is 0.186 e. The van der Waals surface area contributed by atoms with Crippen molar-refractivity contribution in [2.45, 2.75) is 32.7 Å². The predicted octanol–water partition coefficient (Wildman–Crippen LogP) is 2.88. The number of guanidine groups is 1. The first-order valence-electron chi connectivity index (χ1n) is 6.47. The van der Waals surface area contributed by atoms with E-state index in [0.717, 1.165) is 21.8 Å². The fourth-order valence-electron chi connectivity index (χ4n) is 1.69. The molecule has 2 aromatic rings. The van der Waals surface area contributed by atoms with Crippen molar-refractivity contribution in [2.75, 3.05) is 0 Å². The Kier molecular flexibility index (Phi) is 4.09. The van der Waals surface area contributed by atoms with Crippen LogP contribution in [0.5, 0.6) is 0 Å². The number of rotatable bonds is 3. The van der Waals surface area contributed by atoms with Crippen molar-refractivity contribution in [3.05, 3.63) is 40.9 Å². The molecule has 1 aromatic carbocycles. The van der Waals surface area contributed by atoms with E-state index in [1.807, 2.05) is 12.1 Å². The number of aliphatic imine (C=N–C) groups is 1. The lowest BCUT2D eigenvalue weighted by Crippen LogP contribution is -2.22. The van der Waals surface area contributed by atoms with Crippen LogP contribution < -0.4 is 11.5 Å². The van der Waals surface area contributed by atoms with Crippen molar-refractivity contribution in [1.82, 2.24) is 4.98 Å². The molecule has 0 radical (unpaired) electrons. The standard InChI is InChI=1S/C15H20N4S/c1-15(2,3)12-9-20-13(19-12)11-6-4-10(5-7-11)8-18-14(16)17/h4-7,9H,8H2,1-3H3,(H4,16,17,18). The number of thiazole rings is 1. The van der Waals surface area contributed by atoms with Crippen LogP contribution in [0.4, 0.5) is 0 Å². The number of hydrogen-bond donors (Lipinski definition) is 2. The normalized spacial score (nSPS) is 11.3. The second-order valence-corrected chi connectivity index (χ2v) is 6.58. The highest BCUT2D eigenvalue weighted by molar-refractivity contribution is 7.13. The maximum atomic E-state index is 5.32.